The van der Waals surface area contributed by atoms with E-state index in [0.717, 1.165) is 33.9 Å². The highest BCUT2D eigenvalue weighted by atomic mass is 16.4. The van der Waals surface area contributed by atoms with Gasteiger partial charge in [0.25, 0.3) is 0 Å². The van der Waals surface area contributed by atoms with Gasteiger partial charge in [0, 0.05) is 61.1 Å². The first-order chi connectivity index (χ1) is 39.7. The Kier molecular flexibility index (Phi) is 12.5. The fraction of sp³-hybridized carbons (Fsp3) is 0. The summed E-state index contributed by atoms with van der Waals surface area (Å²) in [6.07, 6.45) is 0. The standard InChI is InChI=1S/C42H30N2.C32H21N3O/c1-4-12-31(13-5-1)32-20-25-37(26-21-32)43(35-14-6-2-7-15-35)38-27-22-33(23-28-38)34-24-29-42-40(30-34)39-18-10-11-19-41(39)44(42)36-16-8-3-9-17-36;1-3-9-22(10-4-1)25-17-20-30-28(21-25)27-13-7-8-14-29(27)35(30)26-18-15-24(16-19-26)32-34-33-31(36-32)23-11-5-2-6-12-23/h1-30H;1-21H. The van der Waals surface area contributed by atoms with Crippen LogP contribution in [-0.2, 0) is 0 Å². The van der Waals surface area contributed by atoms with E-state index in [1.165, 1.54) is 82.7 Å². The van der Waals surface area contributed by atoms with Crippen LogP contribution in [-0.4, -0.2) is 19.3 Å². The molecule has 0 saturated carbocycles. The van der Waals surface area contributed by atoms with Crippen molar-refractivity contribution in [2.45, 2.75) is 0 Å². The largest absolute Gasteiger partial charge is 0.416 e. The molecule has 80 heavy (non-hydrogen) atoms. The van der Waals surface area contributed by atoms with E-state index >= 15 is 0 Å². The van der Waals surface area contributed by atoms with Gasteiger partial charge in [0.2, 0.25) is 11.8 Å². The topological polar surface area (TPSA) is 52.0 Å². The zero-order valence-electron chi connectivity index (χ0n) is 43.6. The van der Waals surface area contributed by atoms with Crippen LogP contribution < -0.4 is 4.90 Å². The number of aromatic nitrogens is 4. The van der Waals surface area contributed by atoms with Gasteiger partial charge in [-0.15, -0.1) is 10.2 Å². The maximum Gasteiger partial charge on any atom is 0.248 e. The monoisotopic (exact) mass is 1030 g/mol. The van der Waals surface area contributed by atoms with Crippen LogP contribution in [0.4, 0.5) is 17.1 Å². The maximum absolute atomic E-state index is 5.95. The Bertz CT molecular complexity index is 4590. The molecule has 6 nitrogen and oxygen atoms in total. The molecule has 12 aromatic carbocycles. The number of hydrogen-bond donors (Lipinski definition) is 0. The summed E-state index contributed by atoms with van der Waals surface area (Å²) in [6.45, 7) is 0. The van der Waals surface area contributed by atoms with Crippen LogP contribution in [0.15, 0.2) is 314 Å². The summed E-state index contributed by atoms with van der Waals surface area (Å²) in [6, 6.07) is 109. The normalized spacial score (nSPS) is 11.2. The lowest BCUT2D eigenvalue weighted by molar-refractivity contribution is 0.584. The average Bonchev–Trinajstić information content (AvgIpc) is 4.42. The maximum atomic E-state index is 5.95. The van der Waals surface area contributed by atoms with Crippen LogP contribution in [0.2, 0.25) is 0 Å². The zero-order chi connectivity index (χ0) is 53.2. The van der Waals surface area contributed by atoms with Crippen molar-refractivity contribution in [1.82, 2.24) is 19.3 Å². The molecule has 0 bridgehead atoms. The van der Waals surface area contributed by atoms with Crippen LogP contribution in [0.5, 0.6) is 0 Å². The quantitative estimate of drug-likeness (QED) is 0.137. The van der Waals surface area contributed by atoms with Crippen LogP contribution in [0.1, 0.15) is 0 Å². The highest BCUT2D eigenvalue weighted by Gasteiger charge is 2.18. The molecule has 0 aliphatic carbocycles. The van der Waals surface area contributed by atoms with Crippen molar-refractivity contribution in [2.24, 2.45) is 0 Å². The number of hydrogen-bond acceptors (Lipinski definition) is 4. The van der Waals surface area contributed by atoms with Crippen molar-refractivity contribution < 1.29 is 4.42 Å². The second kappa shape index (κ2) is 21.0. The molecule has 0 amide bonds. The first kappa shape index (κ1) is 47.6. The van der Waals surface area contributed by atoms with Gasteiger partial charge in [-0.3, -0.25) is 0 Å². The SMILES string of the molecule is c1ccc(-c2ccc(N(c3ccccc3)c3ccc(-c4ccc5c(c4)c4ccccc4n5-c4ccccc4)cc3)cc2)cc1.c1ccc(-c2ccc3c(c2)c2ccccc2n3-c2ccc(-c3nnc(-c4ccccc4)o3)cc2)cc1. The molecule has 3 heterocycles. The Morgan fingerprint density at radius 2 is 0.550 bits per heavy atom. The van der Waals surface area contributed by atoms with Gasteiger partial charge in [0.1, 0.15) is 0 Å². The lowest BCUT2D eigenvalue weighted by Crippen LogP contribution is -2.09. The minimum atomic E-state index is 0.509. The summed E-state index contributed by atoms with van der Waals surface area (Å²) in [4.78, 5) is 2.31. The van der Waals surface area contributed by atoms with Crippen molar-refractivity contribution in [3.05, 3.63) is 309 Å². The van der Waals surface area contributed by atoms with Gasteiger partial charge in [-0.2, -0.15) is 0 Å². The Hall–Kier alpha value is -10.8. The number of para-hydroxylation sites is 4. The van der Waals surface area contributed by atoms with E-state index in [2.05, 4.69) is 285 Å². The van der Waals surface area contributed by atoms with E-state index < -0.39 is 0 Å². The molecule has 378 valence electrons. The molecule has 0 saturated heterocycles. The van der Waals surface area contributed by atoms with E-state index in [1.807, 2.05) is 48.5 Å². The molecular formula is C74H51N5O. The van der Waals surface area contributed by atoms with Crippen LogP contribution in [0, 0.1) is 0 Å². The van der Waals surface area contributed by atoms with Crippen molar-refractivity contribution >= 4 is 60.7 Å². The van der Waals surface area contributed by atoms with Gasteiger partial charge in [-0.25, -0.2) is 0 Å². The Morgan fingerprint density at radius 1 is 0.237 bits per heavy atom. The number of nitrogens with zero attached hydrogens (tertiary/aromatic N) is 5. The number of fused-ring (bicyclic) bond motifs is 6. The third kappa shape index (κ3) is 9.06. The molecule has 0 unspecified atom stereocenters. The molecule has 0 spiro atoms. The lowest BCUT2D eigenvalue weighted by atomic mass is 10.0. The van der Waals surface area contributed by atoms with E-state index in [4.69, 9.17) is 4.42 Å². The van der Waals surface area contributed by atoms with E-state index in [-0.39, 0.29) is 0 Å². The van der Waals surface area contributed by atoms with Crippen molar-refractivity contribution in [1.29, 1.82) is 0 Å². The summed E-state index contributed by atoms with van der Waals surface area (Å²) >= 11 is 0. The van der Waals surface area contributed by atoms with E-state index in [9.17, 15) is 0 Å². The molecule has 0 aliphatic rings. The molecule has 15 aromatic rings. The summed E-state index contributed by atoms with van der Waals surface area (Å²) in [5.74, 6) is 1.03. The number of rotatable bonds is 10. The first-order valence-electron chi connectivity index (χ1n) is 27.0. The lowest BCUT2D eigenvalue weighted by Gasteiger charge is -2.26. The van der Waals surface area contributed by atoms with Crippen LogP contribution >= 0.6 is 0 Å². The van der Waals surface area contributed by atoms with Crippen molar-refractivity contribution in [3.8, 4) is 67.7 Å². The highest BCUT2D eigenvalue weighted by Crippen LogP contribution is 2.40. The highest BCUT2D eigenvalue weighted by molar-refractivity contribution is 6.11. The van der Waals surface area contributed by atoms with E-state index in [1.54, 1.807) is 0 Å². The Morgan fingerprint density at radius 3 is 1.04 bits per heavy atom. The third-order valence-corrected chi connectivity index (χ3v) is 15.0. The van der Waals surface area contributed by atoms with E-state index in [0.29, 0.717) is 11.8 Å². The van der Waals surface area contributed by atoms with Gasteiger partial charge >= 0.3 is 0 Å². The smallest absolute Gasteiger partial charge is 0.248 e. The number of anilines is 3. The second-order valence-electron chi connectivity index (χ2n) is 19.8. The van der Waals surface area contributed by atoms with Crippen LogP contribution in [0.3, 0.4) is 0 Å². The summed E-state index contributed by atoms with van der Waals surface area (Å²) in [5.41, 5.74) is 19.5. The Balaban J connectivity index is 0.000000147. The molecule has 0 atom stereocenters. The summed E-state index contributed by atoms with van der Waals surface area (Å²) in [7, 11) is 0. The van der Waals surface area contributed by atoms with Crippen LogP contribution in [0.25, 0.3) is 111 Å². The van der Waals surface area contributed by atoms with Gasteiger partial charge in [-0.05, 0) is 155 Å². The predicted octanol–water partition coefficient (Wildman–Crippen LogP) is 19.8. The molecular weight excluding hydrogens is 975 g/mol. The molecule has 0 fully saturated rings. The molecule has 6 heteroatoms. The molecule has 0 radical (unpaired) electrons. The fourth-order valence-electron chi connectivity index (χ4n) is 11.1. The molecule has 0 aliphatic heterocycles. The Labute approximate surface area is 464 Å². The molecule has 3 aromatic heterocycles. The minimum Gasteiger partial charge on any atom is -0.416 e. The third-order valence-electron chi connectivity index (χ3n) is 15.0. The second-order valence-corrected chi connectivity index (χ2v) is 19.8. The average molecular weight is 1030 g/mol. The minimum absolute atomic E-state index is 0.509. The molecule has 0 N–H and O–H groups in total. The zero-order valence-corrected chi connectivity index (χ0v) is 43.6. The summed E-state index contributed by atoms with van der Waals surface area (Å²) < 4.78 is 10.6. The fourth-order valence-corrected chi connectivity index (χ4v) is 11.1. The molecule has 15 rings (SSSR count). The summed E-state index contributed by atoms with van der Waals surface area (Å²) in [5, 5.41) is 13.5. The van der Waals surface area contributed by atoms with Gasteiger partial charge in [0.05, 0.1) is 22.1 Å². The predicted molar refractivity (Wildman–Crippen MR) is 331 cm³/mol. The number of benzene rings is 12. The van der Waals surface area contributed by atoms with Crippen molar-refractivity contribution in [3.63, 3.8) is 0 Å². The van der Waals surface area contributed by atoms with Gasteiger partial charge < -0.3 is 18.5 Å². The first-order valence-corrected chi connectivity index (χ1v) is 27.0. The van der Waals surface area contributed by atoms with Gasteiger partial charge in [0.15, 0.2) is 0 Å². The van der Waals surface area contributed by atoms with Crippen molar-refractivity contribution in [2.75, 3.05) is 4.90 Å². The van der Waals surface area contributed by atoms with Gasteiger partial charge in [-0.1, -0.05) is 188 Å².